The van der Waals surface area contributed by atoms with E-state index in [4.69, 9.17) is 4.74 Å². The molecule has 1 aliphatic rings. The Morgan fingerprint density at radius 2 is 2.30 bits per heavy atom. The van der Waals surface area contributed by atoms with Gasteiger partial charge in [0.05, 0.1) is 19.1 Å². The van der Waals surface area contributed by atoms with Crippen molar-refractivity contribution in [2.45, 2.75) is 32.3 Å². The largest absolute Gasteiger partial charge is 0.469 e. The number of methoxy groups -OCH3 is 1. The zero-order valence-electron chi connectivity index (χ0n) is 12.1. The Morgan fingerprint density at radius 1 is 1.55 bits per heavy atom. The van der Waals surface area contributed by atoms with Crippen LogP contribution in [0.4, 0.5) is 0 Å². The lowest BCUT2D eigenvalue weighted by Gasteiger charge is -2.12. The van der Waals surface area contributed by atoms with Crippen LogP contribution < -0.4 is 0 Å². The van der Waals surface area contributed by atoms with E-state index in [0.717, 1.165) is 33.8 Å². The van der Waals surface area contributed by atoms with E-state index >= 15 is 0 Å². The van der Waals surface area contributed by atoms with E-state index in [1.54, 1.807) is 11.8 Å². The summed E-state index contributed by atoms with van der Waals surface area (Å²) in [6, 6.07) is 5.97. The van der Waals surface area contributed by atoms with Crippen LogP contribution in [0.3, 0.4) is 0 Å². The molecular formula is C16H20O3S. The highest BCUT2D eigenvalue weighted by atomic mass is 32.2. The first-order chi connectivity index (χ1) is 9.52. The van der Waals surface area contributed by atoms with Crippen molar-refractivity contribution in [3.05, 3.63) is 39.8 Å². The van der Waals surface area contributed by atoms with Crippen LogP contribution in [-0.2, 0) is 9.53 Å². The average molecular weight is 292 g/mol. The van der Waals surface area contributed by atoms with Gasteiger partial charge in [-0.3, -0.25) is 4.79 Å². The number of aliphatic hydroxyl groups excluding tert-OH is 1. The van der Waals surface area contributed by atoms with E-state index < -0.39 is 0 Å². The summed E-state index contributed by atoms with van der Waals surface area (Å²) in [6.45, 7) is 3.86. The van der Waals surface area contributed by atoms with Gasteiger partial charge in [-0.2, -0.15) is 0 Å². The summed E-state index contributed by atoms with van der Waals surface area (Å²) in [7, 11) is 1.41. The Bertz CT molecular complexity index is 537. The van der Waals surface area contributed by atoms with Gasteiger partial charge in [-0.1, -0.05) is 18.2 Å². The lowest BCUT2D eigenvalue weighted by Crippen LogP contribution is -2.11. The molecule has 2 unspecified atom stereocenters. The zero-order valence-corrected chi connectivity index (χ0v) is 12.9. The molecule has 1 N–H and O–H groups in total. The summed E-state index contributed by atoms with van der Waals surface area (Å²) in [5.41, 5.74) is 3.15. The van der Waals surface area contributed by atoms with Gasteiger partial charge in [-0.25, -0.2) is 0 Å². The molecule has 0 bridgehead atoms. The molecule has 1 aromatic rings. The van der Waals surface area contributed by atoms with Crippen LogP contribution in [0.2, 0.25) is 0 Å². The molecule has 1 heterocycles. The van der Waals surface area contributed by atoms with E-state index in [0.29, 0.717) is 0 Å². The number of esters is 1. The lowest BCUT2D eigenvalue weighted by molar-refractivity contribution is -0.141. The van der Waals surface area contributed by atoms with Crippen molar-refractivity contribution in [3.8, 4) is 0 Å². The Kier molecular flexibility index (Phi) is 4.89. The molecule has 0 aromatic heterocycles. The van der Waals surface area contributed by atoms with Crippen LogP contribution in [0.5, 0.6) is 0 Å². The molecule has 0 spiro atoms. The first-order valence-electron chi connectivity index (χ1n) is 6.73. The molecule has 0 radical (unpaired) electrons. The first-order valence-corrected chi connectivity index (χ1v) is 7.72. The summed E-state index contributed by atoms with van der Waals surface area (Å²) in [5.74, 6) is 0.493. The molecule has 108 valence electrons. The molecule has 1 aromatic carbocycles. The predicted molar refractivity (Wildman–Crippen MR) is 82.7 cm³/mol. The Labute approximate surface area is 124 Å². The topological polar surface area (TPSA) is 46.5 Å². The van der Waals surface area contributed by atoms with Gasteiger partial charge in [-0.05, 0) is 43.0 Å². The highest BCUT2D eigenvalue weighted by molar-refractivity contribution is 8.03. The molecule has 0 amide bonds. The fourth-order valence-electron chi connectivity index (χ4n) is 2.26. The van der Waals surface area contributed by atoms with Crippen molar-refractivity contribution in [2.24, 2.45) is 0 Å². The van der Waals surface area contributed by atoms with Crippen molar-refractivity contribution >= 4 is 23.8 Å². The van der Waals surface area contributed by atoms with Crippen LogP contribution in [0.15, 0.2) is 23.1 Å². The Morgan fingerprint density at radius 3 is 2.85 bits per heavy atom. The molecule has 1 saturated heterocycles. The van der Waals surface area contributed by atoms with Gasteiger partial charge < -0.3 is 9.84 Å². The molecule has 1 fully saturated rings. The van der Waals surface area contributed by atoms with Crippen LogP contribution in [-0.4, -0.2) is 30.0 Å². The van der Waals surface area contributed by atoms with Crippen molar-refractivity contribution in [2.75, 3.05) is 12.9 Å². The normalized spacial score (nSPS) is 22.0. The molecular weight excluding hydrogens is 272 g/mol. The number of aliphatic hydroxyl groups is 1. The highest BCUT2D eigenvalue weighted by Gasteiger charge is 2.19. The number of rotatable bonds is 3. The van der Waals surface area contributed by atoms with Gasteiger partial charge in [0.15, 0.2) is 0 Å². The summed E-state index contributed by atoms with van der Waals surface area (Å²) in [5, 5.41) is 9.84. The quantitative estimate of drug-likeness (QED) is 0.870. The number of hydrogen-bond donors (Lipinski definition) is 1. The maximum atomic E-state index is 11.6. The maximum absolute atomic E-state index is 11.6. The third-order valence-electron chi connectivity index (χ3n) is 3.63. The van der Waals surface area contributed by atoms with Gasteiger partial charge in [0.25, 0.3) is 0 Å². The van der Waals surface area contributed by atoms with Gasteiger partial charge >= 0.3 is 5.97 Å². The van der Waals surface area contributed by atoms with E-state index in [9.17, 15) is 9.90 Å². The molecule has 0 aliphatic carbocycles. The van der Waals surface area contributed by atoms with Crippen LogP contribution in [0.1, 0.15) is 36.0 Å². The van der Waals surface area contributed by atoms with E-state index in [-0.39, 0.29) is 18.0 Å². The third-order valence-corrected chi connectivity index (χ3v) is 4.80. The Balaban J connectivity index is 2.24. The van der Waals surface area contributed by atoms with Gasteiger partial charge in [0, 0.05) is 10.7 Å². The average Bonchev–Trinajstić information content (AvgIpc) is 2.84. The number of ether oxygens (including phenoxy) is 1. The molecule has 3 nitrogen and oxygen atoms in total. The van der Waals surface area contributed by atoms with Gasteiger partial charge in [0.2, 0.25) is 0 Å². The summed E-state index contributed by atoms with van der Waals surface area (Å²) in [6.07, 6.45) is 2.55. The number of aryl methyl sites for hydroxylation is 1. The fraction of sp³-hybridized carbons (Fsp3) is 0.438. The number of thioether (sulfide) groups is 1. The molecule has 20 heavy (non-hydrogen) atoms. The van der Waals surface area contributed by atoms with Crippen molar-refractivity contribution in [1.29, 1.82) is 0 Å². The SMILES string of the molecule is COC(=O)C(C)c1ccc(/C=C2\SCCC2O)c(C)c1. The minimum Gasteiger partial charge on any atom is -0.469 e. The van der Waals surface area contributed by atoms with E-state index in [1.165, 1.54) is 7.11 Å². The van der Waals surface area contributed by atoms with E-state index in [2.05, 4.69) is 0 Å². The second-order valence-electron chi connectivity index (χ2n) is 5.06. The lowest BCUT2D eigenvalue weighted by atomic mass is 9.96. The molecule has 1 aliphatic heterocycles. The fourth-order valence-corrected chi connectivity index (χ4v) is 3.36. The number of benzene rings is 1. The first kappa shape index (κ1) is 15.1. The maximum Gasteiger partial charge on any atom is 0.312 e. The van der Waals surface area contributed by atoms with Crippen LogP contribution >= 0.6 is 11.8 Å². The summed E-state index contributed by atoms with van der Waals surface area (Å²) >= 11 is 1.71. The summed E-state index contributed by atoms with van der Waals surface area (Å²) < 4.78 is 4.77. The van der Waals surface area contributed by atoms with Crippen LogP contribution in [0.25, 0.3) is 6.08 Å². The standard InChI is InChI=1S/C16H20O3S/c1-10-8-13(11(2)16(18)19-3)5-4-12(10)9-15-14(17)6-7-20-15/h4-5,8-9,11,14,17H,6-7H2,1-3H3/b15-9-. The number of carbonyl (C=O) groups excluding carboxylic acids is 1. The zero-order chi connectivity index (χ0) is 14.7. The molecule has 4 heteroatoms. The predicted octanol–water partition coefficient (Wildman–Crippen LogP) is 3.11. The second-order valence-corrected chi connectivity index (χ2v) is 6.23. The number of carbonyl (C=O) groups is 1. The second kappa shape index (κ2) is 6.46. The smallest absolute Gasteiger partial charge is 0.312 e. The van der Waals surface area contributed by atoms with Crippen molar-refractivity contribution in [1.82, 2.24) is 0 Å². The van der Waals surface area contributed by atoms with Gasteiger partial charge in [0.1, 0.15) is 0 Å². The third kappa shape index (κ3) is 3.25. The molecule has 0 saturated carbocycles. The molecule has 2 atom stereocenters. The Hall–Kier alpha value is -1.26. The van der Waals surface area contributed by atoms with Crippen LogP contribution in [0, 0.1) is 6.92 Å². The highest BCUT2D eigenvalue weighted by Crippen LogP contribution is 2.33. The minimum atomic E-state index is -0.326. The summed E-state index contributed by atoms with van der Waals surface area (Å²) in [4.78, 5) is 12.6. The number of hydrogen-bond acceptors (Lipinski definition) is 4. The van der Waals surface area contributed by atoms with Gasteiger partial charge in [-0.15, -0.1) is 11.8 Å². The van der Waals surface area contributed by atoms with E-state index in [1.807, 2.05) is 38.1 Å². The van der Waals surface area contributed by atoms with Crippen molar-refractivity contribution in [3.63, 3.8) is 0 Å². The van der Waals surface area contributed by atoms with Crippen molar-refractivity contribution < 1.29 is 14.6 Å². The monoisotopic (exact) mass is 292 g/mol. The molecule has 2 rings (SSSR count). The minimum absolute atomic E-state index is 0.225.